The summed E-state index contributed by atoms with van der Waals surface area (Å²) in [6.45, 7) is -0.0454. The zero-order valence-corrected chi connectivity index (χ0v) is 13.1. The van der Waals surface area contributed by atoms with E-state index in [0.29, 0.717) is 0 Å². The van der Waals surface area contributed by atoms with E-state index in [0.717, 1.165) is 25.0 Å². The van der Waals surface area contributed by atoms with Gasteiger partial charge >= 0.3 is 5.97 Å². The highest BCUT2D eigenvalue weighted by atomic mass is 35.5. The minimum Gasteiger partial charge on any atom is -0.478 e. The fourth-order valence-corrected chi connectivity index (χ4v) is 3.87. The van der Waals surface area contributed by atoms with Crippen LogP contribution in [0.4, 0.5) is 0 Å². The number of nitrogens with one attached hydrogen (secondary N) is 1. The van der Waals surface area contributed by atoms with Crippen LogP contribution in [0.5, 0.6) is 0 Å². The molecule has 0 unspecified atom stereocenters. The molecule has 0 aliphatic heterocycles. The molecule has 0 amide bonds. The molecular formula is C12H13Cl2NO5S. The maximum Gasteiger partial charge on any atom is 0.337 e. The summed E-state index contributed by atoms with van der Waals surface area (Å²) in [6, 6.07) is 2.18. The molecule has 6 nitrogen and oxygen atoms in total. The Labute approximate surface area is 131 Å². The van der Waals surface area contributed by atoms with Gasteiger partial charge in [0.05, 0.1) is 10.6 Å². The zero-order chi connectivity index (χ0) is 15.8. The van der Waals surface area contributed by atoms with Crippen LogP contribution in [0.3, 0.4) is 0 Å². The second-order valence-corrected chi connectivity index (χ2v) is 7.60. The molecule has 0 aromatic heterocycles. The van der Waals surface area contributed by atoms with Gasteiger partial charge in [-0.3, -0.25) is 0 Å². The largest absolute Gasteiger partial charge is 0.478 e. The number of carbonyl (C=O) groups is 1. The summed E-state index contributed by atoms with van der Waals surface area (Å²) in [5.41, 5.74) is -0.805. The molecule has 0 radical (unpaired) electrons. The van der Waals surface area contributed by atoms with Crippen molar-refractivity contribution in [3.8, 4) is 0 Å². The Balaban J connectivity index is 2.33. The summed E-state index contributed by atoms with van der Waals surface area (Å²) >= 11 is 11.6. The van der Waals surface area contributed by atoms with Gasteiger partial charge in [0.15, 0.2) is 0 Å². The highest BCUT2D eigenvalue weighted by Crippen LogP contribution is 2.44. The van der Waals surface area contributed by atoms with E-state index in [1.165, 1.54) is 0 Å². The van der Waals surface area contributed by atoms with Crippen LogP contribution in [0.1, 0.15) is 23.2 Å². The third kappa shape index (κ3) is 3.49. The Morgan fingerprint density at radius 2 is 1.95 bits per heavy atom. The van der Waals surface area contributed by atoms with Crippen LogP contribution in [0, 0.1) is 5.41 Å². The first-order valence-electron chi connectivity index (χ1n) is 6.04. The molecule has 1 aliphatic carbocycles. The maximum absolute atomic E-state index is 12.2. The number of aliphatic hydroxyl groups is 1. The van der Waals surface area contributed by atoms with E-state index in [-0.39, 0.29) is 28.6 Å². The summed E-state index contributed by atoms with van der Waals surface area (Å²) in [7, 11) is -4.01. The number of hydrogen-bond acceptors (Lipinski definition) is 4. The highest BCUT2D eigenvalue weighted by Gasteiger charge is 2.42. The van der Waals surface area contributed by atoms with Crippen molar-refractivity contribution in [2.45, 2.75) is 17.7 Å². The first-order valence-corrected chi connectivity index (χ1v) is 8.28. The normalized spacial score (nSPS) is 16.7. The molecule has 9 heteroatoms. The van der Waals surface area contributed by atoms with E-state index in [1.54, 1.807) is 0 Å². The fraction of sp³-hybridized carbons (Fsp3) is 0.417. The van der Waals surface area contributed by atoms with Gasteiger partial charge in [-0.05, 0) is 25.0 Å². The monoisotopic (exact) mass is 353 g/mol. The number of halogens is 2. The minimum absolute atomic E-state index is 0.0412. The summed E-state index contributed by atoms with van der Waals surface area (Å²) in [6.07, 6.45) is 1.46. The smallest absolute Gasteiger partial charge is 0.337 e. The van der Waals surface area contributed by atoms with Crippen LogP contribution >= 0.6 is 23.2 Å². The van der Waals surface area contributed by atoms with Gasteiger partial charge in [-0.15, -0.1) is 0 Å². The minimum atomic E-state index is -4.01. The standard InChI is InChI=1S/C12H13Cl2NO5S/c13-7-3-8(11(17)18)10(14)9(4-7)21(19,20)15-5-12(6-16)1-2-12/h3-4,15-16H,1-2,5-6H2,(H,17,18). The third-order valence-electron chi connectivity index (χ3n) is 3.45. The van der Waals surface area contributed by atoms with E-state index < -0.39 is 26.4 Å². The first-order chi connectivity index (χ1) is 9.71. The lowest BCUT2D eigenvalue weighted by atomic mass is 10.1. The molecule has 0 spiro atoms. The van der Waals surface area contributed by atoms with Crippen LogP contribution in [-0.2, 0) is 10.0 Å². The number of carboxylic acid groups (broad SMARTS) is 1. The van der Waals surface area contributed by atoms with Gasteiger partial charge in [-0.1, -0.05) is 23.2 Å². The van der Waals surface area contributed by atoms with Crippen molar-refractivity contribution in [3.05, 3.63) is 27.7 Å². The van der Waals surface area contributed by atoms with Gasteiger partial charge in [-0.25, -0.2) is 17.9 Å². The van der Waals surface area contributed by atoms with Crippen molar-refractivity contribution >= 4 is 39.2 Å². The lowest BCUT2D eigenvalue weighted by molar-refractivity contribution is 0.0697. The van der Waals surface area contributed by atoms with E-state index in [9.17, 15) is 18.3 Å². The summed E-state index contributed by atoms with van der Waals surface area (Å²) in [5.74, 6) is -1.37. The lowest BCUT2D eigenvalue weighted by Gasteiger charge is -2.14. The molecule has 116 valence electrons. The molecule has 1 saturated carbocycles. The third-order valence-corrected chi connectivity index (χ3v) is 5.62. The summed E-state index contributed by atoms with van der Waals surface area (Å²) < 4.78 is 26.8. The van der Waals surface area contributed by atoms with E-state index in [1.807, 2.05) is 0 Å². The van der Waals surface area contributed by atoms with Gasteiger partial charge in [0.2, 0.25) is 10.0 Å². The van der Waals surface area contributed by atoms with Crippen LogP contribution in [0.2, 0.25) is 10.0 Å². The van der Waals surface area contributed by atoms with Gasteiger partial charge in [-0.2, -0.15) is 0 Å². The lowest BCUT2D eigenvalue weighted by Crippen LogP contribution is -2.32. The summed E-state index contributed by atoms with van der Waals surface area (Å²) in [5, 5.41) is 17.7. The number of aromatic carboxylic acids is 1. The maximum atomic E-state index is 12.2. The Morgan fingerprint density at radius 3 is 2.43 bits per heavy atom. The van der Waals surface area contributed by atoms with Crippen LogP contribution in [0.15, 0.2) is 17.0 Å². The topological polar surface area (TPSA) is 104 Å². The van der Waals surface area contributed by atoms with Gasteiger partial charge in [0, 0.05) is 23.6 Å². The van der Waals surface area contributed by atoms with Crippen LogP contribution in [0.25, 0.3) is 0 Å². The van der Waals surface area contributed by atoms with Crippen molar-refractivity contribution in [2.75, 3.05) is 13.2 Å². The first kappa shape index (κ1) is 16.5. The SMILES string of the molecule is O=C(O)c1cc(Cl)cc(S(=O)(=O)NCC2(CO)CC2)c1Cl. The number of aliphatic hydroxyl groups excluding tert-OH is 1. The zero-order valence-electron chi connectivity index (χ0n) is 10.8. The van der Waals surface area contributed by atoms with Crippen molar-refractivity contribution in [2.24, 2.45) is 5.41 Å². The molecule has 0 bridgehead atoms. The Kier molecular flexibility index (Phi) is 4.51. The van der Waals surface area contributed by atoms with Crippen molar-refractivity contribution in [3.63, 3.8) is 0 Å². The molecule has 1 aromatic carbocycles. The van der Waals surface area contributed by atoms with Crippen LogP contribution < -0.4 is 4.72 Å². The number of sulfonamides is 1. The molecule has 1 aromatic rings. The van der Waals surface area contributed by atoms with Crippen molar-refractivity contribution in [1.82, 2.24) is 4.72 Å². The molecule has 1 aliphatic rings. The fourth-order valence-electron chi connectivity index (χ4n) is 1.81. The molecule has 0 heterocycles. The predicted octanol–water partition coefficient (Wildman–Crippen LogP) is 1.74. The number of benzene rings is 1. The van der Waals surface area contributed by atoms with E-state index in [2.05, 4.69) is 4.72 Å². The van der Waals surface area contributed by atoms with Gasteiger partial charge < -0.3 is 10.2 Å². The van der Waals surface area contributed by atoms with Crippen molar-refractivity contribution < 1.29 is 23.4 Å². The summed E-state index contributed by atoms with van der Waals surface area (Å²) in [4.78, 5) is 10.6. The van der Waals surface area contributed by atoms with E-state index in [4.69, 9.17) is 28.3 Å². The number of hydrogen-bond donors (Lipinski definition) is 3. The molecule has 2 rings (SSSR count). The molecule has 0 atom stereocenters. The average molecular weight is 354 g/mol. The van der Waals surface area contributed by atoms with Gasteiger partial charge in [0.1, 0.15) is 4.90 Å². The van der Waals surface area contributed by atoms with E-state index >= 15 is 0 Å². The molecule has 1 fully saturated rings. The average Bonchev–Trinajstić information content (AvgIpc) is 3.19. The van der Waals surface area contributed by atoms with Gasteiger partial charge in [0.25, 0.3) is 0 Å². The molecule has 0 saturated heterocycles. The Morgan fingerprint density at radius 1 is 1.33 bits per heavy atom. The highest BCUT2D eigenvalue weighted by molar-refractivity contribution is 7.89. The van der Waals surface area contributed by atoms with Crippen LogP contribution in [-0.4, -0.2) is 37.8 Å². The molecule has 3 N–H and O–H groups in total. The molecular weight excluding hydrogens is 341 g/mol. The number of carboxylic acids is 1. The second-order valence-electron chi connectivity index (χ2n) is 5.05. The second kappa shape index (κ2) is 5.73. The number of rotatable bonds is 6. The van der Waals surface area contributed by atoms with Crippen molar-refractivity contribution in [1.29, 1.82) is 0 Å². The molecule has 21 heavy (non-hydrogen) atoms. The Bertz CT molecular complexity index is 685. The Hall–Kier alpha value is -0.860. The predicted molar refractivity (Wildman–Crippen MR) is 77.4 cm³/mol. The quantitative estimate of drug-likeness (QED) is 0.722.